The third-order valence-electron chi connectivity index (χ3n) is 3.53. The Labute approximate surface area is 140 Å². The molecule has 118 valence electrons. The van der Waals surface area contributed by atoms with Gasteiger partial charge in [-0.2, -0.15) is 5.26 Å². The highest BCUT2D eigenvalue weighted by molar-refractivity contribution is 6.31. The second-order valence-corrected chi connectivity index (χ2v) is 5.35. The summed E-state index contributed by atoms with van der Waals surface area (Å²) in [5.74, 6) is -0.634. The number of fused-ring (bicyclic) bond motifs is 1. The molecule has 8 heteroatoms. The van der Waals surface area contributed by atoms with Crippen molar-refractivity contribution in [1.82, 2.24) is 4.98 Å². The summed E-state index contributed by atoms with van der Waals surface area (Å²) in [5, 5.41) is 20.7. The Kier molecular flexibility index (Phi) is 3.75. The molecule has 2 aromatic carbocycles. The van der Waals surface area contributed by atoms with Crippen molar-refractivity contribution < 1.29 is 9.31 Å². The summed E-state index contributed by atoms with van der Waals surface area (Å²) in [5.41, 5.74) is 6.83. The average Bonchev–Trinajstić information content (AvgIpc) is 2.55. The van der Waals surface area contributed by atoms with Crippen molar-refractivity contribution >= 4 is 34.0 Å². The minimum Gasteiger partial charge on any atom is -0.383 e. The van der Waals surface area contributed by atoms with Gasteiger partial charge in [-0.05, 0) is 23.8 Å². The van der Waals surface area contributed by atoms with Crippen molar-refractivity contribution in [3.63, 3.8) is 0 Å². The average molecular weight is 343 g/mol. The van der Waals surface area contributed by atoms with E-state index in [1.165, 1.54) is 30.3 Å². The van der Waals surface area contributed by atoms with E-state index < -0.39 is 10.7 Å². The summed E-state index contributed by atoms with van der Waals surface area (Å²) in [6.07, 6.45) is 0. The van der Waals surface area contributed by atoms with Crippen molar-refractivity contribution in [1.29, 1.82) is 5.26 Å². The summed E-state index contributed by atoms with van der Waals surface area (Å²) in [7, 11) is 0. The molecule has 0 saturated carbocycles. The van der Waals surface area contributed by atoms with Gasteiger partial charge in [0.05, 0.1) is 15.5 Å². The Morgan fingerprint density at radius 1 is 1.29 bits per heavy atom. The molecule has 0 saturated heterocycles. The lowest BCUT2D eigenvalue weighted by Crippen LogP contribution is -2.00. The van der Waals surface area contributed by atoms with Crippen molar-refractivity contribution in [3.8, 4) is 17.2 Å². The lowest BCUT2D eigenvalue weighted by atomic mass is 9.96. The van der Waals surface area contributed by atoms with Crippen LogP contribution in [0, 0.1) is 27.3 Å². The Hall–Kier alpha value is -3.24. The van der Waals surface area contributed by atoms with E-state index in [0.29, 0.717) is 22.0 Å². The lowest BCUT2D eigenvalue weighted by molar-refractivity contribution is -0.384. The minimum atomic E-state index is -0.615. The van der Waals surface area contributed by atoms with Crippen LogP contribution in [0.4, 0.5) is 15.9 Å². The molecule has 0 bridgehead atoms. The van der Waals surface area contributed by atoms with Crippen molar-refractivity contribution in [2.24, 2.45) is 0 Å². The number of nitro benzene ring substituents is 1. The molecule has 24 heavy (non-hydrogen) atoms. The zero-order valence-electron chi connectivity index (χ0n) is 12.0. The molecule has 0 aliphatic rings. The number of nitrogen functional groups attached to an aromatic ring is 1. The van der Waals surface area contributed by atoms with Gasteiger partial charge in [-0.3, -0.25) is 10.1 Å². The summed E-state index contributed by atoms with van der Waals surface area (Å²) in [4.78, 5) is 14.6. The maximum Gasteiger partial charge on any atom is 0.270 e. The van der Waals surface area contributed by atoms with Gasteiger partial charge in [0.2, 0.25) is 0 Å². The maximum atomic E-state index is 13.4. The van der Waals surface area contributed by atoms with Gasteiger partial charge in [0, 0.05) is 23.1 Å². The summed E-state index contributed by atoms with van der Waals surface area (Å²) < 4.78 is 13.4. The first kappa shape index (κ1) is 15.6. The number of aromatic nitrogens is 1. The molecular formula is C16H8ClFN4O2. The highest BCUT2D eigenvalue weighted by Gasteiger charge is 2.18. The largest absolute Gasteiger partial charge is 0.383 e. The van der Waals surface area contributed by atoms with E-state index in [4.69, 9.17) is 17.3 Å². The Bertz CT molecular complexity index is 1050. The quantitative estimate of drug-likeness (QED) is 0.558. The molecule has 1 heterocycles. The van der Waals surface area contributed by atoms with E-state index in [1.807, 2.05) is 6.07 Å². The molecular weight excluding hydrogens is 335 g/mol. The van der Waals surface area contributed by atoms with Crippen LogP contribution in [0.5, 0.6) is 0 Å². The van der Waals surface area contributed by atoms with E-state index >= 15 is 0 Å². The van der Waals surface area contributed by atoms with Gasteiger partial charge in [-0.25, -0.2) is 9.37 Å². The highest BCUT2D eigenvalue weighted by Crippen LogP contribution is 2.36. The van der Waals surface area contributed by atoms with Crippen LogP contribution in [0.15, 0.2) is 36.4 Å². The standard InChI is InChI=1S/C16H8ClFN4O2/c17-12-5-8(1-3-13(12)18)15-10-6-9(22(23)24)2-4-14(10)21-16(20)11(15)7-19/h1-6H,(H2,20,21). The van der Waals surface area contributed by atoms with Crippen LogP contribution >= 0.6 is 11.6 Å². The number of nitriles is 1. The number of pyridine rings is 1. The van der Waals surface area contributed by atoms with Crippen LogP contribution in [0.3, 0.4) is 0 Å². The summed E-state index contributed by atoms with van der Waals surface area (Å²) in [6.45, 7) is 0. The van der Waals surface area contributed by atoms with Crippen molar-refractivity contribution in [2.75, 3.05) is 5.73 Å². The molecule has 3 rings (SSSR count). The number of halogens is 2. The maximum absolute atomic E-state index is 13.4. The van der Waals surface area contributed by atoms with Gasteiger partial charge >= 0.3 is 0 Å². The predicted molar refractivity (Wildman–Crippen MR) is 87.9 cm³/mol. The molecule has 0 fully saturated rings. The fraction of sp³-hybridized carbons (Fsp3) is 0. The summed E-state index contributed by atoms with van der Waals surface area (Å²) in [6, 6.07) is 9.90. The van der Waals surface area contributed by atoms with Crippen LogP contribution in [0.25, 0.3) is 22.0 Å². The Morgan fingerprint density at radius 2 is 2.04 bits per heavy atom. The molecule has 0 radical (unpaired) electrons. The lowest BCUT2D eigenvalue weighted by Gasteiger charge is -2.11. The second-order valence-electron chi connectivity index (χ2n) is 4.95. The van der Waals surface area contributed by atoms with Gasteiger partial charge in [-0.1, -0.05) is 17.7 Å². The van der Waals surface area contributed by atoms with Crippen LogP contribution < -0.4 is 5.73 Å². The number of non-ortho nitro benzene ring substituents is 1. The molecule has 0 atom stereocenters. The van der Waals surface area contributed by atoms with Gasteiger partial charge in [0.15, 0.2) is 0 Å². The van der Waals surface area contributed by atoms with Crippen LogP contribution in [0.2, 0.25) is 5.02 Å². The minimum absolute atomic E-state index is 0.0192. The number of nitrogens with zero attached hydrogens (tertiary/aromatic N) is 3. The van der Waals surface area contributed by atoms with E-state index in [-0.39, 0.29) is 22.1 Å². The number of hydrogen-bond donors (Lipinski definition) is 1. The monoisotopic (exact) mass is 342 g/mol. The smallest absolute Gasteiger partial charge is 0.270 e. The van der Waals surface area contributed by atoms with Gasteiger partial charge in [-0.15, -0.1) is 0 Å². The van der Waals surface area contributed by atoms with Crippen molar-refractivity contribution in [2.45, 2.75) is 0 Å². The van der Waals surface area contributed by atoms with Gasteiger partial charge < -0.3 is 5.73 Å². The fourth-order valence-corrected chi connectivity index (χ4v) is 2.63. The predicted octanol–water partition coefficient (Wildman–Crippen LogP) is 4.06. The third-order valence-corrected chi connectivity index (χ3v) is 3.82. The Balaban J connectivity index is 2.46. The SMILES string of the molecule is N#Cc1c(N)nc2ccc([N+](=O)[O-])cc2c1-c1ccc(F)c(Cl)c1. The first-order valence-corrected chi connectivity index (χ1v) is 7.03. The normalized spacial score (nSPS) is 10.5. The number of nitro groups is 1. The molecule has 0 amide bonds. The highest BCUT2D eigenvalue weighted by atomic mass is 35.5. The molecule has 1 aromatic heterocycles. The third kappa shape index (κ3) is 2.49. The number of anilines is 1. The number of benzene rings is 2. The van der Waals surface area contributed by atoms with Crippen molar-refractivity contribution in [3.05, 3.63) is 62.9 Å². The molecule has 0 spiro atoms. The zero-order valence-corrected chi connectivity index (χ0v) is 12.7. The first-order valence-electron chi connectivity index (χ1n) is 6.65. The van der Waals surface area contributed by atoms with Gasteiger partial charge in [0.1, 0.15) is 23.3 Å². The molecule has 6 nitrogen and oxygen atoms in total. The molecule has 2 N–H and O–H groups in total. The van der Waals surface area contributed by atoms with Crippen LogP contribution in [-0.4, -0.2) is 9.91 Å². The van der Waals surface area contributed by atoms with Crippen LogP contribution in [-0.2, 0) is 0 Å². The van der Waals surface area contributed by atoms with Gasteiger partial charge in [0.25, 0.3) is 5.69 Å². The fourth-order valence-electron chi connectivity index (χ4n) is 2.45. The van der Waals surface area contributed by atoms with Crippen LogP contribution in [0.1, 0.15) is 5.56 Å². The van der Waals surface area contributed by atoms with E-state index in [9.17, 15) is 19.8 Å². The molecule has 0 aliphatic heterocycles. The molecule has 0 aliphatic carbocycles. The second kappa shape index (κ2) is 5.76. The number of hydrogen-bond acceptors (Lipinski definition) is 5. The van der Waals surface area contributed by atoms with E-state index in [2.05, 4.69) is 4.98 Å². The number of rotatable bonds is 2. The zero-order chi connectivity index (χ0) is 17.4. The molecule has 3 aromatic rings. The molecule has 0 unspecified atom stereocenters. The first-order chi connectivity index (χ1) is 11.4. The Morgan fingerprint density at radius 3 is 2.67 bits per heavy atom. The van der Waals surface area contributed by atoms with E-state index in [0.717, 1.165) is 6.07 Å². The number of nitrogens with two attached hydrogens (primary N) is 1. The topological polar surface area (TPSA) is 106 Å². The summed E-state index contributed by atoms with van der Waals surface area (Å²) >= 11 is 5.82. The van der Waals surface area contributed by atoms with E-state index in [1.54, 1.807) is 0 Å².